The molecule has 0 unspecified atom stereocenters. The molecule has 2 heterocycles. The van der Waals surface area contributed by atoms with Crippen LogP contribution in [0.1, 0.15) is 20.8 Å². The summed E-state index contributed by atoms with van der Waals surface area (Å²) < 4.78 is 1.65. The van der Waals surface area contributed by atoms with E-state index in [1.165, 1.54) is 12.1 Å². The number of hydrogen-bond donors (Lipinski definition) is 2. The van der Waals surface area contributed by atoms with Gasteiger partial charge in [-0.15, -0.1) is 0 Å². The number of nitro benzene ring substituents is 1. The third-order valence-corrected chi connectivity index (χ3v) is 3.16. The van der Waals surface area contributed by atoms with Gasteiger partial charge in [0.05, 0.1) is 4.92 Å². The molecule has 0 aliphatic heterocycles. The van der Waals surface area contributed by atoms with Crippen LogP contribution in [0.4, 0.5) is 23.3 Å². The SMILES string of the molecule is CC(C)(C)Nc1nc(Nc2cccc([N+](=O)[O-])c2)nc(-n2ccnc2)n1. The summed E-state index contributed by atoms with van der Waals surface area (Å²) in [5.41, 5.74) is 0.228. The number of nitrogens with zero attached hydrogens (tertiary/aromatic N) is 6. The molecule has 0 saturated heterocycles. The van der Waals surface area contributed by atoms with Gasteiger partial charge >= 0.3 is 0 Å². The predicted molar refractivity (Wildman–Crippen MR) is 96.7 cm³/mol. The molecule has 0 spiro atoms. The van der Waals surface area contributed by atoms with Crippen molar-refractivity contribution in [1.29, 1.82) is 0 Å². The Morgan fingerprint density at radius 2 is 1.92 bits per heavy atom. The Morgan fingerprint density at radius 3 is 2.58 bits per heavy atom. The number of rotatable bonds is 5. The van der Waals surface area contributed by atoms with Gasteiger partial charge < -0.3 is 10.6 Å². The minimum absolute atomic E-state index is 0.0214. The molecule has 2 N–H and O–H groups in total. The summed E-state index contributed by atoms with van der Waals surface area (Å²) in [4.78, 5) is 27.6. The Kier molecular flexibility index (Phi) is 4.48. The molecule has 10 heteroatoms. The first-order valence-electron chi connectivity index (χ1n) is 7.84. The molecule has 0 aliphatic rings. The van der Waals surface area contributed by atoms with Crippen LogP contribution in [-0.2, 0) is 0 Å². The van der Waals surface area contributed by atoms with Crippen LogP contribution in [0.2, 0.25) is 0 Å². The second-order valence-electron chi connectivity index (χ2n) is 6.56. The van der Waals surface area contributed by atoms with Crippen molar-refractivity contribution < 1.29 is 4.92 Å². The summed E-state index contributed by atoms with van der Waals surface area (Å²) in [5.74, 6) is 1.01. The van der Waals surface area contributed by atoms with Crippen LogP contribution in [0.15, 0.2) is 43.0 Å². The van der Waals surface area contributed by atoms with Crippen molar-refractivity contribution in [3.63, 3.8) is 0 Å². The van der Waals surface area contributed by atoms with E-state index in [4.69, 9.17) is 0 Å². The van der Waals surface area contributed by atoms with Crippen LogP contribution in [0.25, 0.3) is 5.95 Å². The van der Waals surface area contributed by atoms with Crippen molar-refractivity contribution in [3.05, 3.63) is 53.1 Å². The van der Waals surface area contributed by atoms with Crippen LogP contribution in [0.5, 0.6) is 0 Å². The van der Waals surface area contributed by atoms with Crippen LogP contribution in [0.3, 0.4) is 0 Å². The maximum atomic E-state index is 10.9. The van der Waals surface area contributed by atoms with Gasteiger partial charge in [-0.3, -0.25) is 14.7 Å². The van der Waals surface area contributed by atoms with E-state index < -0.39 is 4.92 Å². The van der Waals surface area contributed by atoms with E-state index in [0.717, 1.165) is 0 Å². The van der Waals surface area contributed by atoms with Gasteiger partial charge in [0, 0.05) is 35.8 Å². The Morgan fingerprint density at radius 1 is 1.15 bits per heavy atom. The first kappa shape index (κ1) is 17.3. The quantitative estimate of drug-likeness (QED) is 0.529. The van der Waals surface area contributed by atoms with Crippen LogP contribution in [0, 0.1) is 10.1 Å². The maximum absolute atomic E-state index is 10.9. The van der Waals surface area contributed by atoms with E-state index >= 15 is 0 Å². The summed E-state index contributed by atoms with van der Waals surface area (Å²) in [7, 11) is 0. The van der Waals surface area contributed by atoms with Crippen molar-refractivity contribution in [2.45, 2.75) is 26.3 Å². The lowest BCUT2D eigenvalue weighted by Crippen LogP contribution is -2.28. The molecule has 0 atom stereocenters. The molecule has 0 fully saturated rings. The summed E-state index contributed by atoms with van der Waals surface area (Å²) in [6.07, 6.45) is 4.91. The highest BCUT2D eigenvalue weighted by molar-refractivity contribution is 5.58. The molecule has 2 aromatic heterocycles. The topological polar surface area (TPSA) is 124 Å². The van der Waals surface area contributed by atoms with E-state index in [-0.39, 0.29) is 17.2 Å². The molecular formula is C16H18N8O2. The van der Waals surface area contributed by atoms with E-state index in [1.807, 2.05) is 20.8 Å². The molecule has 10 nitrogen and oxygen atoms in total. The lowest BCUT2D eigenvalue weighted by molar-refractivity contribution is -0.384. The number of nitrogens with one attached hydrogen (secondary N) is 2. The maximum Gasteiger partial charge on any atom is 0.271 e. The molecule has 3 rings (SSSR count). The average Bonchev–Trinajstić information content (AvgIpc) is 3.07. The van der Waals surface area contributed by atoms with Gasteiger partial charge in [-0.1, -0.05) is 6.07 Å². The van der Waals surface area contributed by atoms with Crippen LogP contribution < -0.4 is 10.6 Å². The van der Waals surface area contributed by atoms with Crippen molar-refractivity contribution in [2.75, 3.05) is 10.6 Å². The van der Waals surface area contributed by atoms with Crippen LogP contribution >= 0.6 is 0 Å². The van der Waals surface area contributed by atoms with Gasteiger partial charge in [-0.05, 0) is 26.8 Å². The Balaban J connectivity index is 1.97. The highest BCUT2D eigenvalue weighted by Crippen LogP contribution is 2.21. The fourth-order valence-corrected chi connectivity index (χ4v) is 2.13. The van der Waals surface area contributed by atoms with Gasteiger partial charge in [0.2, 0.25) is 17.8 Å². The zero-order chi connectivity index (χ0) is 18.7. The monoisotopic (exact) mass is 354 g/mol. The number of anilines is 3. The molecular weight excluding hydrogens is 336 g/mol. The summed E-state index contributed by atoms with van der Waals surface area (Å²) >= 11 is 0. The fourth-order valence-electron chi connectivity index (χ4n) is 2.13. The Hall–Kier alpha value is -3.56. The minimum atomic E-state index is -0.456. The number of imidazole rings is 1. The van der Waals surface area contributed by atoms with E-state index in [9.17, 15) is 10.1 Å². The largest absolute Gasteiger partial charge is 0.349 e. The summed E-state index contributed by atoms with van der Waals surface area (Å²) in [6.45, 7) is 5.96. The first-order chi connectivity index (χ1) is 12.3. The lowest BCUT2D eigenvalue weighted by Gasteiger charge is -2.21. The number of nitro groups is 1. The van der Waals surface area contributed by atoms with Crippen molar-refractivity contribution in [2.24, 2.45) is 0 Å². The minimum Gasteiger partial charge on any atom is -0.349 e. The average molecular weight is 354 g/mol. The predicted octanol–water partition coefficient (Wildman–Crippen LogP) is 2.92. The van der Waals surface area contributed by atoms with Gasteiger partial charge in [0.15, 0.2) is 0 Å². The number of benzene rings is 1. The standard InChI is InChI=1S/C16H18N8O2/c1-16(2,3)22-14-19-13(20-15(21-14)23-8-7-17-10-23)18-11-5-4-6-12(9-11)24(25)26/h4-10H,1-3H3,(H2,18,19,20,21,22). The molecule has 0 radical (unpaired) electrons. The third kappa shape index (κ3) is 4.29. The molecule has 0 saturated carbocycles. The fraction of sp³-hybridized carbons (Fsp3) is 0.250. The Bertz CT molecular complexity index is 918. The zero-order valence-electron chi connectivity index (χ0n) is 14.5. The van der Waals surface area contributed by atoms with Gasteiger partial charge in [0.25, 0.3) is 5.69 Å². The third-order valence-electron chi connectivity index (χ3n) is 3.16. The van der Waals surface area contributed by atoms with Crippen LogP contribution in [-0.4, -0.2) is 35.0 Å². The second-order valence-corrected chi connectivity index (χ2v) is 6.56. The smallest absolute Gasteiger partial charge is 0.271 e. The summed E-state index contributed by atoms with van der Waals surface area (Å²) in [6, 6.07) is 6.12. The molecule has 0 amide bonds. The van der Waals surface area contributed by atoms with E-state index in [1.54, 1.807) is 35.4 Å². The van der Waals surface area contributed by atoms with E-state index in [2.05, 4.69) is 30.6 Å². The number of non-ortho nitro benzene ring substituents is 1. The zero-order valence-corrected chi connectivity index (χ0v) is 14.5. The molecule has 26 heavy (non-hydrogen) atoms. The second kappa shape index (κ2) is 6.75. The summed E-state index contributed by atoms with van der Waals surface area (Å²) in [5, 5.41) is 17.1. The van der Waals surface area contributed by atoms with Gasteiger partial charge in [-0.2, -0.15) is 15.0 Å². The highest BCUT2D eigenvalue weighted by Gasteiger charge is 2.15. The van der Waals surface area contributed by atoms with Crippen molar-refractivity contribution >= 4 is 23.3 Å². The Labute approximate surface area is 149 Å². The molecule has 134 valence electrons. The molecule has 0 aliphatic carbocycles. The number of hydrogen-bond acceptors (Lipinski definition) is 8. The normalized spacial score (nSPS) is 11.2. The van der Waals surface area contributed by atoms with E-state index in [0.29, 0.717) is 17.6 Å². The molecule has 0 bridgehead atoms. The molecule has 3 aromatic rings. The highest BCUT2D eigenvalue weighted by atomic mass is 16.6. The number of aromatic nitrogens is 5. The van der Waals surface area contributed by atoms with Crippen molar-refractivity contribution in [3.8, 4) is 5.95 Å². The van der Waals surface area contributed by atoms with Crippen molar-refractivity contribution in [1.82, 2.24) is 24.5 Å². The van der Waals surface area contributed by atoms with Gasteiger partial charge in [-0.25, -0.2) is 4.98 Å². The lowest BCUT2D eigenvalue weighted by atomic mass is 10.1. The molecule has 1 aromatic carbocycles. The van der Waals surface area contributed by atoms with Gasteiger partial charge in [0.1, 0.15) is 6.33 Å². The first-order valence-corrected chi connectivity index (χ1v) is 7.84.